The van der Waals surface area contributed by atoms with Crippen LogP contribution in [0.3, 0.4) is 0 Å². The topological polar surface area (TPSA) is 77.2 Å². The molecule has 5 nitrogen and oxygen atoms in total. The van der Waals surface area contributed by atoms with Gasteiger partial charge in [0.2, 0.25) is 0 Å². The molecule has 0 aliphatic rings. The zero-order valence-corrected chi connectivity index (χ0v) is 10.7. The minimum absolute atomic E-state index is 0.168. The van der Waals surface area contributed by atoms with E-state index in [1.54, 1.807) is 4.90 Å². The summed E-state index contributed by atoms with van der Waals surface area (Å²) in [5.41, 5.74) is 1.49. The fraction of sp³-hybridized carbons (Fsp3) is 0.133. The Bertz CT molecular complexity index is 635. The number of anilines is 2. The normalized spacial score (nSPS) is 9.75. The number of benzene rings is 1. The monoisotopic (exact) mass is 267 g/mol. The maximum absolute atomic E-state index is 11.3. The number of hydrogen-bond donors (Lipinski definition) is 1. The highest BCUT2D eigenvalue weighted by molar-refractivity contribution is 5.95. The molecule has 2 rings (SSSR count). The fourth-order valence-electron chi connectivity index (χ4n) is 1.94. The molecule has 1 aromatic heterocycles. The number of aromatic nitrogens is 1. The Morgan fingerprint density at radius 3 is 2.70 bits per heavy atom. The maximum Gasteiger partial charge on any atom is 0.337 e. The third-order valence-electron chi connectivity index (χ3n) is 2.84. The maximum atomic E-state index is 11.3. The lowest BCUT2D eigenvalue weighted by atomic mass is 10.1. The molecule has 1 heterocycles. The van der Waals surface area contributed by atoms with Crippen molar-refractivity contribution in [2.24, 2.45) is 0 Å². The van der Waals surface area contributed by atoms with Crippen LogP contribution in [-0.2, 0) is 0 Å². The highest BCUT2D eigenvalue weighted by Crippen LogP contribution is 2.27. The summed E-state index contributed by atoms with van der Waals surface area (Å²) in [4.78, 5) is 17.1. The molecule has 1 aromatic carbocycles. The summed E-state index contributed by atoms with van der Waals surface area (Å²) < 4.78 is 0. The molecule has 1 N–H and O–H groups in total. The average molecular weight is 267 g/mol. The Morgan fingerprint density at radius 1 is 1.30 bits per heavy atom. The SMILES string of the molecule is N#CCCN(c1ccccc1)c1cnccc1C(=O)O. The number of carboxylic acids is 1. The molecule has 20 heavy (non-hydrogen) atoms. The van der Waals surface area contributed by atoms with Crippen LogP contribution in [0.2, 0.25) is 0 Å². The van der Waals surface area contributed by atoms with Crippen molar-refractivity contribution < 1.29 is 9.90 Å². The minimum Gasteiger partial charge on any atom is -0.478 e. The molecule has 5 heteroatoms. The number of pyridine rings is 1. The lowest BCUT2D eigenvalue weighted by Crippen LogP contribution is -2.21. The quantitative estimate of drug-likeness (QED) is 0.901. The number of carbonyl (C=O) groups is 1. The van der Waals surface area contributed by atoms with E-state index in [0.29, 0.717) is 18.7 Å². The molecule has 0 saturated heterocycles. The van der Waals surface area contributed by atoms with Gasteiger partial charge >= 0.3 is 5.97 Å². The molecular weight excluding hydrogens is 254 g/mol. The van der Waals surface area contributed by atoms with Crippen LogP contribution in [0.25, 0.3) is 0 Å². The van der Waals surface area contributed by atoms with Crippen LogP contribution in [0.5, 0.6) is 0 Å². The van der Waals surface area contributed by atoms with Crippen LogP contribution in [0.1, 0.15) is 16.8 Å². The van der Waals surface area contributed by atoms with Crippen molar-refractivity contribution in [2.45, 2.75) is 6.42 Å². The van der Waals surface area contributed by atoms with Gasteiger partial charge in [0, 0.05) is 18.4 Å². The van der Waals surface area contributed by atoms with E-state index in [1.807, 2.05) is 30.3 Å². The lowest BCUT2D eigenvalue weighted by Gasteiger charge is -2.24. The Balaban J connectivity index is 2.47. The van der Waals surface area contributed by atoms with Crippen molar-refractivity contribution >= 4 is 17.3 Å². The zero-order chi connectivity index (χ0) is 14.4. The van der Waals surface area contributed by atoms with Gasteiger partial charge in [-0.1, -0.05) is 18.2 Å². The van der Waals surface area contributed by atoms with Crippen molar-refractivity contribution in [3.8, 4) is 6.07 Å². The molecule has 0 amide bonds. The van der Waals surface area contributed by atoms with Crippen molar-refractivity contribution in [1.82, 2.24) is 4.98 Å². The van der Waals surface area contributed by atoms with E-state index in [-0.39, 0.29) is 5.56 Å². The molecule has 0 atom stereocenters. The molecule has 2 aromatic rings. The van der Waals surface area contributed by atoms with Crippen molar-refractivity contribution in [1.29, 1.82) is 5.26 Å². The molecule has 0 unspecified atom stereocenters. The molecule has 0 aliphatic heterocycles. The summed E-state index contributed by atoms with van der Waals surface area (Å²) in [5, 5.41) is 18.0. The summed E-state index contributed by atoms with van der Waals surface area (Å²) in [5.74, 6) is -1.01. The van der Waals surface area contributed by atoms with Crippen LogP contribution < -0.4 is 4.90 Å². The predicted octanol–water partition coefficient (Wildman–Crippen LogP) is 2.83. The molecule has 0 fully saturated rings. The average Bonchev–Trinajstić information content (AvgIpc) is 2.49. The number of hydrogen-bond acceptors (Lipinski definition) is 4. The Hall–Kier alpha value is -2.87. The molecular formula is C15H13N3O2. The largest absolute Gasteiger partial charge is 0.478 e. The first-order valence-corrected chi connectivity index (χ1v) is 6.11. The second-order valence-corrected chi connectivity index (χ2v) is 4.09. The zero-order valence-electron chi connectivity index (χ0n) is 10.7. The van der Waals surface area contributed by atoms with Crippen molar-refractivity contribution in [2.75, 3.05) is 11.4 Å². The summed E-state index contributed by atoms with van der Waals surface area (Å²) in [6.07, 6.45) is 3.25. The summed E-state index contributed by atoms with van der Waals surface area (Å²) >= 11 is 0. The molecule has 0 radical (unpaired) electrons. The second-order valence-electron chi connectivity index (χ2n) is 4.09. The van der Waals surface area contributed by atoms with Crippen LogP contribution in [0, 0.1) is 11.3 Å². The van der Waals surface area contributed by atoms with Gasteiger partial charge in [0.15, 0.2) is 0 Å². The van der Waals surface area contributed by atoms with Gasteiger partial charge in [0.05, 0.1) is 29.9 Å². The molecule has 100 valence electrons. The fourth-order valence-corrected chi connectivity index (χ4v) is 1.94. The molecule has 0 spiro atoms. The Morgan fingerprint density at radius 2 is 2.05 bits per heavy atom. The van der Waals surface area contributed by atoms with E-state index in [0.717, 1.165) is 5.69 Å². The first-order valence-electron chi connectivity index (χ1n) is 6.11. The van der Waals surface area contributed by atoms with E-state index in [9.17, 15) is 9.90 Å². The van der Waals surface area contributed by atoms with Crippen molar-refractivity contribution in [3.63, 3.8) is 0 Å². The Kier molecular flexibility index (Phi) is 4.30. The second kappa shape index (κ2) is 6.34. The first kappa shape index (κ1) is 13.6. The van der Waals surface area contributed by atoms with Crippen LogP contribution in [0.15, 0.2) is 48.8 Å². The van der Waals surface area contributed by atoms with Crippen LogP contribution >= 0.6 is 0 Å². The van der Waals surface area contributed by atoms with Gasteiger partial charge in [-0.2, -0.15) is 5.26 Å². The summed E-state index contributed by atoms with van der Waals surface area (Å²) in [7, 11) is 0. The number of aromatic carboxylic acids is 1. The third kappa shape index (κ3) is 2.93. The van der Waals surface area contributed by atoms with Crippen molar-refractivity contribution in [3.05, 3.63) is 54.4 Å². The van der Waals surface area contributed by atoms with Gasteiger partial charge in [-0.3, -0.25) is 4.98 Å². The van der Waals surface area contributed by atoms with E-state index in [2.05, 4.69) is 11.1 Å². The van der Waals surface area contributed by atoms with Gasteiger partial charge in [0.1, 0.15) is 0 Å². The standard InChI is InChI=1S/C15H13N3O2/c16-8-4-10-18(12-5-2-1-3-6-12)14-11-17-9-7-13(14)15(19)20/h1-3,5-7,9,11H,4,10H2,(H,19,20). The number of nitriles is 1. The van der Waals surface area contributed by atoms with Crippen LogP contribution in [0.4, 0.5) is 11.4 Å². The number of carboxylic acid groups (broad SMARTS) is 1. The third-order valence-corrected chi connectivity index (χ3v) is 2.84. The van der Waals surface area contributed by atoms with Gasteiger partial charge in [-0.15, -0.1) is 0 Å². The smallest absolute Gasteiger partial charge is 0.337 e. The van der Waals surface area contributed by atoms with Gasteiger partial charge < -0.3 is 10.0 Å². The van der Waals surface area contributed by atoms with E-state index in [4.69, 9.17) is 5.26 Å². The summed E-state index contributed by atoms with van der Waals surface area (Å²) in [6, 6.07) is 12.9. The van der Waals surface area contributed by atoms with Crippen LogP contribution in [-0.4, -0.2) is 22.6 Å². The summed E-state index contributed by atoms with van der Waals surface area (Å²) in [6.45, 7) is 0.409. The lowest BCUT2D eigenvalue weighted by molar-refractivity contribution is 0.0697. The molecule has 0 aliphatic carbocycles. The van der Waals surface area contributed by atoms with Gasteiger partial charge in [-0.05, 0) is 18.2 Å². The van der Waals surface area contributed by atoms with Gasteiger partial charge in [0.25, 0.3) is 0 Å². The van der Waals surface area contributed by atoms with E-state index in [1.165, 1.54) is 18.5 Å². The number of para-hydroxylation sites is 1. The van der Waals surface area contributed by atoms with E-state index < -0.39 is 5.97 Å². The number of rotatable bonds is 5. The Labute approximate surface area is 116 Å². The van der Waals surface area contributed by atoms with Gasteiger partial charge in [-0.25, -0.2) is 4.79 Å². The molecule has 0 bridgehead atoms. The first-order chi connectivity index (χ1) is 9.74. The van der Waals surface area contributed by atoms with E-state index >= 15 is 0 Å². The minimum atomic E-state index is -1.01. The predicted molar refractivity (Wildman–Crippen MR) is 74.9 cm³/mol. The highest BCUT2D eigenvalue weighted by Gasteiger charge is 2.17. The highest BCUT2D eigenvalue weighted by atomic mass is 16.4. The molecule has 0 saturated carbocycles. The number of nitrogens with zero attached hydrogens (tertiary/aromatic N) is 3.